The molecule has 0 aromatic rings. The van der Waals surface area contributed by atoms with E-state index in [4.69, 9.17) is 9.47 Å². The Kier molecular flexibility index (Phi) is 7.03. The highest BCUT2D eigenvalue weighted by Crippen LogP contribution is 2.44. The molecule has 0 aromatic carbocycles. The molecule has 1 fully saturated rings. The molecule has 0 aliphatic heterocycles. The van der Waals surface area contributed by atoms with Crippen molar-refractivity contribution in [1.82, 2.24) is 0 Å². The summed E-state index contributed by atoms with van der Waals surface area (Å²) < 4.78 is 10.6. The van der Waals surface area contributed by atoms with E-state index < -0.39 is 5.41 Å². The topological polar surface area (TPSA) is 52.6 Å². The minimum atomic E-state index is -1.08. The fraction of sp³-hybridized carbons (Fsp3) is 0.875. The second kappa shape index (κ2) is 8.28. The van der Waals surface area contributed by atoms with Gasteiger partial charge in [-0.2, -0.15) is 0 Å². The van der Waals surface area contributed by atoms with E-state index in [1.807, 2.05) is 20.8 Å². The normalized spacial score (nSPS) is 16.1. The van der Waals surface area contributed by atoms with Gasteiger partial charge in [0.1, 0.15) is 0 Å². The summed E-state index contributed by atoms with van der Waals surface area (Å²) in [7, 11) is 0. The summed E-state index contributed by atoms with van der Waals surface area (Å²) in [4.78, 5) is 25.0. The Balaban J connectivity index is 2.94. The van der Waals surface area contributed by atoms with E-state index in [0.717, 1.165) is 38.5 Å². The molecule has 20 heavy (non-hydrogen) atoms. The maximum absolute atomic E-state index is 12.5. The van der Waals surface area contributed by atoms with E-state index in [0.29, 0.717) is 19.6 Å². The second-order valence-electron chi connectivity index (χ2n) is 5.58. The molecule has 1 saturated carbocycles. The Labute approximate surface area is 122 Å². The number of carbonyl (C=O) groups excluding carboxylic acids is 2. The molecule has 0 amide bonds. The number of hydrogen-bond acceptors (Lipinski definition) is 4. The van der Waals surface area contributed by atoms with Gasteiger partial charge in [-0.15, -0.1) is 0 Å². The van der Waals surface area contributed by atoms with Crippen LogP contribution in [0.5, 0.6) is 0 Å². The molecule has 0 atom stereocenters. The summed E-state index contributed by atoms with van der Waals surface area (Å²) in [6, 6.07) is 0. The molecule has 0 radical (unpaired) electrons. The summed E-state index contributed by atoms with van der Waals surface area (Å²) in [5.41, 5.74) is -1.08. The van der Waals surface area contributed by atoms with Gasteiger partial charge >= 0.3 is 11.9 Å². The predicted molar refractivity (Wildman–Crippen MR) is 77.2 cm³/mol. The van der Waals surface area contributed by atoms with Crippen LogP contribution in [0.2, 0.25) is 0 Å². The van der Waals surface area contributed by atoms with Crippen LogP contribution in [0.15, 0.2) is 0 Å². The van der Waals surface area contributed by atoms with Crippen LogP contribution in [0, 0.1) is 11.3 Å². The zero-order valence-corrected chi connectivity index (χ0v) is 13.1. The third kappa shape index (κ3) is 3.53. The lowest BCUT2D eigenvalue weighted by atomic mass is 9.72. The molecule has 1 rings (SSSR count). The maximum atomic E-state index is 12.5. The molecule has 0 N–H and O–H groups in total. The highest BCUT2D eigenvalue weighted by atomic mass is 16.6. The lowest BCUT2D eigenvalue weighted by Crippen LogP contribution is -2.47. The Hall–Kier alpha value is -1.06. The van der Waals surface area contributed by atoms with Gasteiger partial charge in [-0.25, -0.2) is 0 Å². The fourth-order valence-corrected chi connectivity index (χ4v) is 3.06. The molecule has 0 heterocycles. The standard InChI is InChI=1S/C16H28O4/c1-4-11-19-14(17)16(6-3,13-9-7-8-10-13)15(18)20-12-5-2/h13H,4-12H2,1-3H3. The van der Waals surface area contributed by atoms with Gasteiger partial charge in [-0.1, -0.05) is 33.6 Å². The highest BCUT2D eigenvalue weighted by molar-refractivity contribution is 6.00. The number of carbonyl (C=O) groups is 2. The van der Waals surface area contributed by atoms with Gasteiger partial charge in [0, 0.05) is 0 Å². The molecule has 0 aromatic heterocycles. The van der Waals surface area contributed by atoms with Gasteiger partial charge in [0.2, 0.25) is 0 Å². The first-order chi connectivity index (χ1) is 9.63. The quantitative estimate of drug-likeness (QED) is 0.506. The Morgan fingerprint density at radius 2 is 1.40 bits per heavy atom. The van der Waals surface area contributed by atoms with Crippen LogP contribution >= 0.6 is 0 Å². The third-order valence-electron chi connectivity index (χ3n) is 4.21. The minimum Gasteiger partial charge on any atom is -0.465 e. The van der Waals surface area contributed by atoms with Crippen molar-refractivity contribution in [1.29, 1.82) is 0 Å². The smallest absolute Gasteiger partial charge is 0.323 e. The molecule has 4 nitrogen and oxygen atoms in total. The van der Waals surface area contributed by atoms with Crippen molar-refractivity contribution in [2.45, 2.75) is 65.7 Å². The number of ether oxygens (including phenoxy) is 2. The first-order valence-electron chi connectivity index (χ1n) is 7.97. The molecule has 0 spiro atoms. The summed E-state index contributed by atoms with van der Waals surface area (Å²) >= 11 is 0. The maximum Gasteiger partial charge on any atom is 0.323 e. The largest absolute Gasteiger partial charge is 0.465 e. The van der Waals surface area contributed by atoms with Crippen LogP contribution < -0.4 is 0 Å². The molecule has 116 valence electrons. The van der Waals surface area contributed by atoms with E-state index in [2.05, 4.69) is 0 Å². The van der Waals surface area contributed by atoms with Gasteiger partial charge in [0.15, 0.2) is 5.41 Å². The van der Waals surface area contributed by atoms with Gasteiger partial charge in [0.25, 0.3) is 0 Å². The summed E-state index contributed by atoms with van der Waals surface area (Å²) in [5.74, 6) is -0.689. The molecule has 0 saturated heterocycles. The zero-order chi connectivity index (χ0) is 15.0. The molecule has 0 bridgehead atoms. The Morgan fingerprint density at radius 1 is 0.950 bits per heavy atom. The fourth-order valence-electron chi connectivity index (χ4n) is 3.06. The number of esters is 2. The van der Waals surface area contributed by atoms with Gasteiger partial charge < -0.3 is 9.47 Å². The zero-order valence-electron chi connectivity index (χ0n) is 13.1. The van der Waals surface area contributed by atoms with Crippen LogP contribution in [-0.4, -0.2) is 25.2 Å². The SMILES string of the molecule is CCCOC(=O)C(CC)(C(=O)OCCC)C1CCCC1. The number of rotatable bonds is 8. The minimum absolute atomic E-state index is 0.0706. The molecule has 1 aliphatic rings. The molecule has 1 aliphatic carbocycles. The lowest BCUT2D eigenvalue weighted by molar-refractivity contribution is -0.178. The average molecular weight is 284 g/mol. The summed E-state index contributed by atoms with van der Waals surface area (Å²) in [6.45, 7) is 6.53. The van der Waals surface area contributed by atoms with Crippen LogP contribution in [-0.2, 0) is 19.1 Å². The summed E-state index contributed by atoms with van der Waals surface area (Å²) in [6.07, 6.45) is 5.97. The molecule has 0 unspecified atom stereocenters. The highest BCUT2D eigenvalue weighted by Gasteiger charge is 2.53. The van der Waals surface area contributed by atoms with E-state index in [-0.39, 0.29) is 17.9 Å². The third-order valence-corrected chi connectivity index (χ3v) is 4.21. The van der Waals surface area contributed by atoms with Crippen LogP contribution in [0.4, 0.5) is 0 Å². The Bertz CT molecular complexity index is 298. The predicted octanol–water partition coefficient (Wildman–Crippen LogP) is 3.48. The van der Waals surface area contributed by atoms with Crippen LogP contribution in [0.25, 0.3) is 0 Å². The summed E-state index contributed by atoms with van der Waals surface area (Å²) in [5, 5.41) is 0. The Morgan fingerprint density at radius 3 is 1.75 bits per heavy atom. The molecular formula is C16H28O4. The second-order valence-corrected chi connectivity index (χ2v) is 5.58. The molecule has 4 heteroatoms. The van der Waals surface area contributed by atoms with Crippen molar-refractivity contribution in [3.05, 3.63) is 0 Å². The van der Waals surface area contributed by atoms with Gasteiger partial charge in [0.05, 0.1) is 13.2 Å². The van der Waals surface area contributed by atoms with Crippen molar-refractivity contribution < 1.29 is 19.1 Å². The van der Waals surface area contributed by atoms with Crippen LogP contribution in [0.1, 0.15) is 65.7 Å². The lowest BCUT2D eigenvalue weighted by Gasteiger charge is -2.33. The van der Waals surface area contributed by atoms with E-state index in [1.54, 1.807) is 0 Å². The van der Waals surface area contributed by atoms with E-state index in [1.165, 1.54) is 0 Å². The monoisotopic (exact) mass is 284 g/mol. The average Bonchev–Trinajstić information content (AvgIpc) is 2.98. The van der Waals surface area contributed by atoms with E-state index in [9.17, 15) is 9.59 Å². The van der Waals surface area contributed by atoms with Crippen molar-refractivity contribution in [3.63, 3.8) is 0 Å². The van der Waals surface area contributed by atoms with Crippen molar-refractivity contribution >= 4 is 11.9 Å². The van der Waals surface area contributed by atoms with Gasteiger partial charge in [-0.05, 0) is 38.0 Å². The van der Waals surface area contributed by atoms with Crippen molar-refractivity contribution in [2.75, 3.05) is 13.2 Å². The first kappa shape index (κ1) is 17.0. The van der Waals surface area contributed by atoms with Crippen LogP contribution in [0.3, 0.4) is 0 Å². The first-order valence-corrected chi connectivity index (χ1v) is 7.97. The molecular weight excluding hydrogens is 256 g/mol. The van der Waals surface area contributed by atoms with Gasteiger partial charge in [-0.3, -0.25) is 9.59 Å². The van der Waals surface area contributed by atoms with Crippen molar-refractivity contribution in [2.24, 2.45) is 11.3 Å². The number of hydrogen-bond donors (Lipinski definition) is 0. The van der Waals surface area contributed by atoms with Crippen molar-refractivity contribution in [3.8, 4) is 0 Å². The van der Waals surface area contributed by atoms with E-state index >= 15 is 0 Å².